The third-order valence-electron chi connectivity index (χ3n) is 5.10. The molecule has 0 aliphatic carbocycles. The third-order valence-corrected chi connectivity index (χ3v) is 5.10. The van der Waals surface area contributed by atoms with Gasteiger partial charge >= 0.3 is 5.97 Å². The summed E-state index contributed by atoms with van der Waals surface area (Å²) in [5.41, 5.74) is 3.66. The summed E-state index contributed by atoms with van der Waals surface area (Å²) in [6.45, 7) is 3.70. The van der Waals surface area contributed by atoms with Crippen molar-refractivity contribution in [1.82, 2.24) is 0 Å². The molecular weight excluding hydrogens is 408 g/mol. The molecule has 0 aliphatic rings. The van der Waals surface area contributed by atoms with Gasteiger partial charge in [-0.05, 0) is 85.6 Å². The summed E-state index contributed by atoms with van der Waals surface area (Å²) < 4.78 is 5.15. The van der Waals surface area contributed by atoms with Gasteiger partial charge in [-0.15, -0.1) is 0 Å². The van der Waals surface area contributed by atoms with E-state index in [1.165, 1.54) is 29.2 Å². The van der Waals surface area contributed by atoms with E-state index >= 15 is 0 Å². The maximum Gasteiger partial charge on any atom is 0.335 e. The van der Waals surface area contributed by atoms with E-state index in [1.807, 2.05) is 26.0 Å². The summed E-state index contributed by atoms with van der Waals surface area (Å²) in [4.78, 5) is 38.5. The quantitative estimate of drug-likeness (QED) is 0.580. The van der Waals surface area contributed by atoms with Crippen LogP contribution in [0, 0.1) is 13.8 Å². The van der Waals surface area contributed by atoms with E-state index in [4.69, 9.17) is 9.84 Å². The Labute approximate surface area is 186 Å². The Hall–Kier alpha value is -4.13. The third kappa shape index (κ3) is 5.31. The number of nitrogens with one attached hydrogen (secondary N) is 1. The lowest BCUT2D eigenvalue weighted by molar-refractivity contribution is -0.114. The van der Waals surface area contributed by atoms with Crippen LogP contribution < -0.4 is 15.0 Å². The summed E-state index contributed by atoms with van der Waals surface area (Å²) in [6, 6.07) is 18.1. The molecule has 0 aliphatic heterocycles. The molecule has 0 unspecified atom stereocenters. The summed E-state index contributed by atoms with van der Waals surface area (Å²) in [5.74, 6) is -1.16. The first-order chi connectivity index (χ1) is 15.3. The fourth-order valence-electron chi connectivity index (χ4n) is 3.10. The van der Waals surface area contributed by atoms with Crippen LogP contribution in [0.1, 0.15) is 31.8 Å². The maximum absolute atomic E-state index is 13.3. The number of benzene rings is 3. The van der Waals surface area contributed by atoms with Crippen LogP contribution in [0.15, 0.2) is 66.7 Å². The zero-order valence-electron chi connectivity index (χ0n) is 18.1. The van der Waals surface area contributed by atoms with E-state index in [1.54, 1.807) is 37.4 Å². The second-order valence-electron chi connectivity index (χ2n) is 7.32. The number of hydrogen-bond donors (Lipinski definition) is 2. The van der Waals surface area contributed by atoms with Gasteiger partial charge in [0.25, 0.3) is 5.91 Å². The molecule has 2 amide bonds. The van der Waals surface area contributed by atoms with Crippen molar-refractivity contribution >= 4 is 29.2 Å². The molecule has 3 aromatic carbocycles. The van der Waals surface area contributed by atoms with Gasteiger partial charge in [0.05, 0.1) is 12.7 Å². The molecule has 0 bridgehead atoms. The minimum Gasteiger partial charge on any atom is -0.497 e. The molecule has 0 atom stereocenters. The second kappa shape index (κ2) is 9.78. The van der Waals surface area contributed by atoms with Crippen LogP contribution in [0.4, 0.5) is 11.4 Å². The van der Waals surface area contributed by atoms with Gasteiger partial charge in [0, 0.05) is 16.9 Å². The smallest absolute Gasteiger partial charge is 0.335 e. The number of carboxylic acid groups (broad SMARTS) is 1. The van der Waals surface area contributed by atoms with E-state index in [0.29, 0.717) is 22.7 Å². The number of carboxylic acids is 1. The number of anilines is 2. The fraction of sp³-hybridized carbons (Fsp3) is 0.160. The summed E-state index contributed by atoms with van der Waals surface area (Å²) in [6.07, 6.45) is 0. The number of aryl methyl sites for hydroxylation is 2. The topological polar surface area (TPSA) is 95.9 Å². The van der Waals surface area contributed by atoms with Crippen molar-refractivity contribution in [2.24, 2.45) is 0 Å². The predicted octanol–water partition coefficient (Wildman–Crippen LogP) is 4.30. The molecule has 164 valence electrons. The number of ether oxygens (including phenoxy) is 1. The molecule has 32 heavy (non-hydrogen) atoms. The number of aromatic carboxylic acids is 1. The Morgan fingerprint density at radius 1 is 0.875 bits per heavy atom. The first kappa shape index (κ1) is 22.6. The average molecular weight is 432 g/mol. The van der Waals surface area contributed by atoms with Crippen molar-refractivity contribution in [3.8, 4) is 5.75 Å². The predicted molar refractivity (Wildman–Crippen MR) is 123 cm³/mol. The molecule has 0 spiro atoms. The highest BCUT2D eigenvalue weighted by molar-refractivity contribution is 6.10. The van der Waals surface area contributed by atoms with Gasteiger partial charge in [0.2, 0.25) is 5.91 Å². The molecule has 7 nitrogen and oxygen atoms in total. The fourth-order valence-corrected chi connectivity index (χ4v) is 3.10. The number of carbonyl (C=O) groups excluding carboxylic acids is 2. The molecule has 7 heteroatoms. The SMILES string of the molecule is COc1ccc(C(=O)N(CC(=O)Nc2ccc(C(=O)O)cc2)c2ccc(C)c(C)c2)cc1. The second-order valence-corrected chi connectivity index (χ2v) is 7.32. The standard InChI is InChI=1S/C25H24N2O5/c1-16-4-11-21(14-17(16)2)27(24(29)18-7-12-22(32-3)13-8-18)15-23(28)26-20-9-5-19(6-10-20)25(30)31/h4-14H,15H2,1-3H3,(H,26,28)(H,30,31). The number of rotatable bonds is 7. The monoisotopic (exact) mass is 432 g/mol. The van der Waals surface area contributed by atoms with Crippen LogP contribution in [-0.4, -0.2) is 36.5 Å². The lowest BCUT2D eigenvalue weighted by Crippen LogP contribution is -2.38. The molecule has 3 rings (SSSR count). The summed E-state index contributed by atoms with van der Waals surface area (Å²) >= 11 is 0. The minimum absolute atomic E-state index is 0.120. The number of methoxy groups -OCH3 is 1. The van der Waals surface area contributed by atoms with Crippen molar-refractivity contribution in [2.75, 3.05) is 23.9 Å². The Morgan fingerprint density at radius 3 is 2.06 bits per heavy atom. The Kier molecular flexibility index (Phi) is 6.90. The number of hydrogen-bond acceptors (Lipinski definition) is 4. The number of nitrogens with zero attached hydrogens (tertiary/aromatic N) is 1. The van der Waals surface area contributed by atoms with Crippen molar-refractivity contribution in [3.05, 3.63) is 89.0 Å². The number of amides is 2. The van der Waals surface area contributed by atoms with Gasteiger partial charge < -0.3 is 15.2 Å². The van der Waals surface area contributed by atoms with E-state index in [9.17, 15) is 14.4 Å². The Bertz CT molecular complexity index is 1140. The van der Waals surface area contributed by atoms with Gasteiger partial charge in [-0.3, -0.25) is 14.5 Å². The van der Waals surface area contributed by atoms with E-state index < -0.39 is 11.9 Å². The molecular formula is C25H24N2O5. The molecule has 0 saturated carbocycles. The number of carbonyl (C=O) groups is 3. The Morgan fingerprint density at radius 2 is 1.50 bits per heavy atom. The molecule has 2 N–H and O–H groups in total. The lowest BCUT2D eigenvalue weighted by Gasteiger charge is -2.23. The van der Waals surface area contributed by atoms with Crippen LogP contribution in [0.3, 0.4) is 0 Å². The van der Waals surface area contributed by atoms with Gasteiger partial charge in [0.15, 0.2) is 0 Å². The van der Waals surface area contributed by atoms with Gasteiger partial charge in [0.1, 0.15) is 12.3 Å². The van der Waals surface area contributed by atoms with Crippen molar-refractivity contribution in [1.29, 1.82) is 0 Å². The van der Waals surface area contributed by atoms with Crippen LogP contribution in [0.25, 0.3) is 0 Å². The van der Waals surface area contributed by atoms with Gasteiger partial charge in [-0.25, -0.2) is 4.79 Å². The van der Waals surface area contributed by atoms with E-state index in [-0.39, 0.29) is 18.0 Å². The van der Waals surface area contributed by atoms with Crippen molar-refractivity contribution in [2.45, 2.75) is 13.8 Å². The van der Waals surface area contributed by atoms with Crippen molar-refractivity contribution < 1.29 is 24.2 Å². The highest BCUT2D eigenvalue weighted by Gasteiger charge is 2.21. The molecule has 0 saturated heterocycles. The zero-order chi connectivity index (χ0) is 23.3. The molecule has 0 heterocycles. The maximum atomic E-state index is 13.3. The Balaban J connectivity index is 1.85. The molecule has 0 fully saturated rings. The highest BCUT2D eigenvalue weighted by Crippen LogP contribution is 2.22. The largest absolute Gasteiger partial charge is 0.497 e. The first-order valence-electron chi connectivity index (χ1n) is 9.95. The van der Waals surface area contributed by atoms with Crippen LogP contribution in [0.5, 0.6) is 5.75 Å². The average Bonchev–Trinajstić information content (AvgIpc) is 2.79. The van der Waals surface area contributed by atoms with Crippen LogP contribution in [-0.2, 0) is 4.79 Å². The van der Waals surface area contributed by atoms with Gasteiger partial charge in [-0.2, -0.15) is 0 Å². The van der Waals surface area contributed by atoms with E-state index in [2.05, 4.69) is 5.32 Å². The normalized spacial score (nSPS) is 10.3. The van der Waals surface area contributed by atoms with E-state index in [0.717, 1.165) is 11.1 Å². The zero-order valence-corrected chi connectivity index (χ0v) is 18.1. The van der Waals surface area contributed by atoms with Crippen LogP contribution >= 0.6 is 0 Å². The molecule has 0 aromatic heterocycles. The van der Waals surface area contributed by atoms with Crippen molar-refractivity contribution in [3.63, 3.8) is 0 Å². The molecule has 0 radical (unpaired) electrons. The molecule has 3 aromatic rings. The van der Waals surface area contributed by atoms with Crippen LogP contribution in [0.2, 0.25) is 0 Å². The lowest BCUT2D eigenvalue weighted by atomic mass is 10.1. The summed E-state index contributed by atoms with van der Waals surface area (Å²) in [7, 11) is 1.55. The van der Waals surface area contributed by atoms with Gasteiger partial charge in [-0.1, -0.05) is 6.07 Å². The summed E-state index contributed by atoms with van der Waals surface area (Å²) in [5, 5.41) is 11.7. The highest BCUT2D eigenvalue weighted by atomic mass is 16.5. The minimum atomic E-state index is -1.05. The first-order valence-corrected chi connectivity index (χ1v) is 9.95.